The maximum atomic E-state index is 13.5. The Bertz CT molecular complexity index is 1410. The van der Waals surface area contributed by atoms with Crippen LogP contribution in [0.25, 0.3) is 6.08 Å². The zero-order chi connectivity index (χ0) is 23.5. The van der Waals surface area contributed by atoms with E-state index in [9.17, 15) is 9.59 Å². The number of allylic oxidation sites excluding steroid dienone is 1. The fourth-order valence-electron chi connectivity index (χ4n) is 3.74. The zero-order valence-electron chi connectivity index (χ0n) is 18.7. The first-order valence-electron chi connectivity index (χ1n) is 10.3. The van der Waals surface area contributed by atoms with Crippen LogP contribution >= 0.6 is 11.3 Å². The number of carbonyl (C=O) groups excluding carboxylic acids is 1. The van der Waals surface area contributed by atoms with Gasteiger partial charge >= 0.3 is 5.97 Å². The number of methoxy groups -OCH3 is 2. The van der Waals surface area contributed by atoms with Crippen LogP contribution in [0.2, 0.25) is 0 Å². The number of nitrogens with zero attached hydrogens (tertiary/aromatic N) is 3. The highest BCUT2D eigenvalue weighted by Gasteiger charge is 2.33. The molecule has 0 aliphatic carbocycles. The predicted octanol–water partition coefficient (Wildman–Crippen LogP) is 2.21. The number of pyridine rings is 1. The molecule has 170 valence electrons. The summed E-state index contributed by atoms with van der Waals surface area (Å²) in [5.41, 5.74) is 2.04. The highest BCUT2D eigenvalue weighted by atomic mass is 32.1. The molecule has 0 amide bonds. The molecule has 3 aromatic rings. The van der Waals surface area contributed by atoms with E-state index in [1.807, 2.05) is 12.1 Å². The van der Waals surface area contributed by atoms with Crippen molar-refractivity contribution in [2.24, 2.45) is 4.99 Å². The van der Waals surface area contributed by atoms with Crippen LogP contribution in [-0.4, -0.2) is 36.3 Å². The summed E-state index contributed by atoms with van der Waals surface area (Å²) in [6.07, 6.45) is 5.12. The van der Waals surface area contributed by atoms with Gasteiger partial charge in [0.25, 0.3) is 5.56 Å². The summed E-state index contributed by atoms with van der Waals surface area (Å²) in [5.74, 6) is 0.522. The van der Waals surface area contributed by atoms with E-state index in [0.717, 1.165) is 5.56 Å². The topological polar surface area (TPSA) is 92.0 Å². The minimum atomic E-state index is -0.726. The highest BCUT2D eigenvalue weighted by Crippen LogP contribution is 2.36. The molecule has 0 fully saturated rings. The van der Waals surface area contributed by atoms with Crippen LogP contribution in [0.5, 0.6) is 11.5 Å². The van der Waals surface area contributed by atoms with Crippen molar-refractivity contribution in [1.82, 2.24) is 9.55 Å². The lowest BCUT2D eigenvalue weighted by Gasteiger charge is -2.25. The van der Waals surface area contributed by atoms with Crippen molar-refractivity contribution >= 4 is 23.4 Å². The van der Waals surface area contributed by atoms with Crippen LogP contribution in [0.3, 0.4) is 0 Å². The summed E-state index contributed by atoms with van der Waals surface area (Å²) in [6, 6.07) is 8.26. The molecule has 0 spiro atoms. The van der Waals surface area contributed by atoms with Crippen molar-refractivity contribution in [2.75, 3.05) is 20.8 Å². The fraction of sp³-hybridized carbons (Fsp3) is 0.250. The molecule has 1 aromatic carbocycles. The van der Waals surface area contributed by atoms with Gasteiger partial charge in [0.05, 0.1) is 42.7 Å². The summed E-state index contributed by atoms with van der Waals surface area (Å²) in [4.78, 5) is 35.7. The number of carbonyl (C=O) groups is 1. The summed E-state index contributed by atoms with van der Waals surface area (Å²) in [6.45, 7) is 3.69. The standard InChI is InChI=1S/C24H23N3O5S/c1-5-32-23(29)20-14(2)26-24-27(21(20)16-8-9-17(30-3)18(12-16)31-4)22(28)19(33-24)11-15-7-6-10-25-13-15/h6-13,21H,5H2,1-4H3/b19-11+. The van der Waals surface area contributed by atoms with Crippen LogP contribution in [0.15, 0.2) is 63.8 Å². The van der Waals surface area contributed by atoms with Crippen LogP contribution in [0.1, 0.15) is 31.0 Å². The summed E-state index contributed by atoms with van der Waals surface area (Å²) in [5, 5.41) is 0. The Morgan fingerprint density at radius 1 is 1.21 bits per heavy atom. The molecule has 1 aliphatic rings. The molecule has 0 N–H and O–H groups in total. The van der Waals surface area contributed by atoms with Crippen molar-refractivity contribution < 1.29 is 19.0 Å². The lowest BCUT2D eigenvalue weighted by molar-refractivity contribution is -0.139. The van der Waals surface area contributed by atoms with Crippen molar-refractivity contribution in [2.45, 2.75) is 19.9 Å². The van der Waals surface area contributed by atoms with Gasteiger partial charge in [-0.25, -0.2) is 9.79 Å². The van der Waals surface area contributed by atoms with E-state index in [4.69, 9.17) is 14.2 Å². The molecule has 0 bridgehead atoms. The molecular weight excluding hydrogens is 442 g/mol. The molecule has 0 saturated heterocycles. The number of ether oxygens (including phenoxy) is 3. The number of aromatic nitrogens is 2. The Hall–Kier alpha value is -3.72. The van der Waals surface area contributed by atoms with Gasteiger partial charge in [-0.3, -0.25) is 14.3 Å². The molecule has 1 unspecified atom stereocenters. The van der Waals surface area contributed by atoms with E-state index in [-0.39, 0.29) is 12.2 Å². The predicted molar refractivity (Wildman–Crippen MR) is 124 cm³/mol. The van der Waals surface area contributed by atoms with Crippen LogP contribution in [-0.2, 0) is 9.53 Å². The van der Waals surface area contributed by atoms with E-state index >= 15 is 0 Å². The molecule has 0 saturated carbocycles. The maximum absolute atomic E-state index is 13.5. The smallest absolute Gasteiger partial charge is 0.338 e. The molecule has 3 heterocycles. The van der Waals surface area contributed by atoms with Crippen LogP contribution in [0.4, 0.5) is 0 Å². The Morgan fingerprint density at radius 2 is 2.00 bits per heavy atom. The number of fused-ring (bicyclic) bond motifs is 1. The van der Waals surface area contributed by atoms with Gasteiger partial charge in [0.15, 0.2) is 16.3 Å². The average Bonchev–Trinajstić information content (AvgIpc) is 3.12. The Labute approximate surface area is 194 Å². The second kappa shape index (κ2) is 9.41. The molecule has 9 heteroatoms. The summed E-state index contributed by atoms with van der Waals surface area (Å²) in [7, 11) is 3.08. The first-order valence-corrected chi connectivity index (χ1v) is 11.1. The first-order chi connectivity index (χ1) is 16.0. The molecule has 8 nitrogen and oxygen atoms in total. The molecule has 33 heavy (non-hydrogen) atoms. The number of esters is 1. The Morgan fingerprint density at radius 3 is 2.67 bits per heavy atom. The van der Waals surface area contributed by atoms with Crippen LogP contribution in [0, 0.1) is 0 Å². The minimum absolute atomic E-state index is 0.208. The minimum Gasteiger partial charge on any atom is -0.493 e. The zero-order valence-corrected chi connectivity index (χ0v) is 19.5. The van der Waals surface area contributed by atoms with Crippen LogP contribution < -0.4 is 24.4 Å². The maximum Gasteiger partial charge on any atom is 0.338 e. The second-order valence-corrected chi connectivity index (χ2v) is 8.21. The van der Waals surface area contributed by atoms with E-state index < -0.39 is 12.0 Å². The third kappa shape index (κ3) is 4.19. The number of rotatable bonds is 6. The third-order valence-electron chi connectivity index (χ3n) is 5.22. The first kappa shape index (κ1) is 22.5. The van der Waals surface area contributed by atoms with Crippen molar-refractivity contribution in [3.8, 4) is 11.5 Å². The van der Waals surface area contributed by atoms with Crippen molar-refractivity contribution in [3.63, 3.8) is 0 Å². The van der Waals surface area contributed by atoms with E-state index in [1.165, 1.54) is 23.0 Å². The molecule has 4 rings (SSSR count). The Balaban J connectivity index is 1.98. The van der Waals surface area contributed by atoms with Gasteiger partial charge in [-0.2, -0.15) is 0 Å². The van der Waals surface area contributed by atoms with Gasteiger partial charge in [-0.05, 0) is 49.2 Å². The highest BCUT2D eigenvalue weighted by molar-refractivity contribution is 7.07. The average molecular weight is 466 g/mol. The van der Waals surface area contributed by atoms with E-state index in [0.29, 0.717) is 37.7 Å². The molecule has 0 radical (unpaired) electrons. The van der Waals surface area contributed by atoms with Gasteiger partial charge in [-0.1, -0.05) is 23.5 Å². The van der Waals surface area contributed by atoms with Gasteiger partial charge in [0, 0.05) is 12.4 Å². The molecule has 2 aromatic heterocycles. The number of hydrogen-bond donors (Lipinski definition) is 0. The van der Waals surface area contributed by atoms with Gasteiger partial charge in [0.1, 0.15) is 0 Å². The lowest BCUT2D eigenvalue weighted by atomic mass is 9.95. The quantitative estimate of drug-likeness (QED) is 0.519. The SMILES string of the molecule is CCOC(=O)C1=C(C)N=c2s/c(=C/c3cccnc3)c(=O)n2C1c1ccc(OC)c(OC)c1. The van der Waals surface area contributed by atoms with E-state index in [1.54, 1.807) is 57.6 Å². The number of thiazole rings is 1. The van der Waals surface area contributed by atoms with Gasteiger partial charge in [0.2, 0.25) is 0 Å². The second-order valence-electron chi connectivity index (χ2n) is 7.20. The third-order valence-corrected chi connectivity index (χ3v) is 6.21. The fourth-order valence-corrected chi connectivity index (χ4v) is 4.79. The van der Waals surface area contributed by atoms with Gasteiger partial charge in [-0.15, -0.1) is 0 Å². The number of hydrogen-bond acceptors (Lipinski definition) is 8. The van der Waals surface area contributed by atoms with Gasteiger partial charge < -0.3 is 14.2 Å². The van der Waals surface area contributed by atoms with Crippen molar-refractivity contribution in [3.05, 3.63) is 84.8 Å². The number of benzene rings is 1. The van der Waals surface area contributed by atoms with E-state index in [2.05, 4.69) is 9.98 Å². The summed E-state index contributed by atoms with van der Waals surface area (Å²) < 4.78 is 18.2. The molecular formula is C24H23N3O5S. The summed E-state index contributed by atoms with van der Waals surface area (Å²) >= 11 is 1.26. The molecule has 1 atom stereocenters. The normalized spacial score (nSPS) is 15.6. The Kier molecular flexibility index (Phi) is 6.41. The largest absolute Gasteiger partial charge is 0.493 e. The monoisotopic (exact) mass is 465 g/mol. The lowest BCUT2D eigenvalue weighted by Crippen LogP contribution is -2.40. The van der Waals surface area contributed by atoms with Crippen molar-refractivity contribution in [1.29, 1.82) is 0 Å². The molecule has 1 aliphatic heterocycles.